The fourth-order valence-corrected chi connectivity index (χ4v) is 2.73. The molecule has 2 aromatic heterocycles. The molecule has 23 heavy (non-hydrogen) atoms. The van der Waals surface area contributed by atoms with Gasteiger partial charge in [0.25, 0.3) is 0 Å². The summed E-state index contributed by atoms with van der Waals surface area (Å²) in [6.07, 6.45) is 3.30. The number of phenols is 1. The van der Waals surface area contributed by atoms with Crippen LogP contribution in [-0.2, 0) is 6.42 Å². The summed E-state index contributed by atoms with van der Waals surface area (Å²) in [5, 5.41) is 17.9. The Morgan fingerprint density at radius 2 is 2.04 bits per heavy atom. The molecule has 0 aliphatic rings. The van der Waals surface area contributed by atoms with Crippen molar-refractivity contribution in [2.75, 3.05) is 0 Å². The first-order valence-electron chi connectivity index (χ1n) is 7.34. The maximum atomic E-state index is 11.0. The number of carbonyl (C=O) groups is 1. The molecule has 0 saturated carbocycles. The molecule has 2 heterocycles. The number of hydrogen-bond acceptors (Lipinski definition) is 5. The highest BCUT2D eigenvalue weighted by Crippen LogP contribution is 2.33. The van der Waals surface area contributed by atoms with Crippen molar-refractivity contribution in [2.24, 2.45) is 0 Å². The molecule has 0 atom stereocenters. The van der Waals surface area contributed by atoms with E-state index in [1.807, 2.05) is 31.5 Å². The van der Waals surface area contributed by atoms with Crippen LogP contribution in [-0.4, -0.2) is 26.2 Å². The number of benzene rings is 1. The highest BCUT2D eigenvalue weighted by molar-refractivity contribution is 5.81. The minimum absolute atomic E-state index is 0.0576. The van der Waals surface area contributed by atoms with Gasteiger partial charge in [0, 0.05) is 29.4 Å². The van der Waals surface area contributed by atoms with E-state index in [0.717, 1.165) is 28.7 Å². The van der Waals surface area contributed by atoms with E-state index in [0.29, 0.717) is 23.9 Å². The monoisotopic (exact) mass is 311 g/mol. The first-order valence-corrected chi connectivity index (χ1v) is 7.34. The highest BCUT2D eigenvalue weighted by Gasteiger charge is 2.17. The fourth-order valence-electron chi connectivity index (χ4n) is 2.73. The van der Waals surface area contributed by atoms with E-state index in [1.165, 1.54) is 6.07 Å². The molecule has 3 aromatic rings. The summed E-state index contributed by atoms with van der Waals surface area (Å²) in [5.41, 5.74) is 4.02. The van der Waals surface area contributed by atoms with Gasteiger partial charge in [-0.3, -0.25) is 9.36 Å². The number of aromatic hydroxyl groups is 1. The first-order chi connectivity index (χ1) is 11.0. The number of aryl methyl sites for hydroxylation is 2. The van der Waals surface area contributed by atoms with Gasteiger partial charge in [0.2, 0.25) is 5.89 Å². The van der Waals surface area contributed by atoms with Gasteiger partial charge < -0.3 is 9.52 Å². The minimum atomic E-state index is 0.0576. The molecule has 3 rings (SSSR count). The topological polar surface area (TPSA) is 81.1 Å². The second-order valence-corrected chi connectivity index (χ2v) is 5.41. The van der Waals surface area contributed by atoms with Crippen LogP contribution in [0.2, 0.25) is 0 Å². The number of aldehydes is 1. The molecule has 1 aromatic carbocycles. The van der Waals surface area contributed by atoms with Crippen LogP contribution in [0.1, 0.15) is 34.4 Å². The molecule has 0 saturated heterocycles. The van der Waals surface area contributed by atoms with Crippen molar-refractivity contribution in [1.29, 1.82) is 0 Å². The molecule has 0 radical (unpaired) electrons. The largest absolute Gasteiger partial charge is 0.508 e. The third-order valence-electron chi connectivity index (χ3n) is 3.77. The Labute approximate surface area is 133 Å². The first kappa shape index (κ1) is 15.0. The Hall–Kier alpha value is -2.89. The quantitative estimate of drug-likeness (QED) is 0.748. The van der Waals surface area contributed by atoms with E-state index in [-0.39, 0.29) is 5.75 Å². The van der Waals surface area contributed by atoms with Crippen molar-refractivity contribution in [3.05, 3.63) is 47.1 Å². The summed E-state index contributed by atoms with van der Waals surface area (Å²) in [6.45, 7) is 5.84. The zero-order valence-electron chi connectivity index (χ0n) is 13.2. The molecule has 0 bridgehead atoms. The van der Waals surface area contributed by atoms with Crippen LogP contribution >= 0.6 is 0 Å². The van der Waals surface area contributed by atoms with Crippen LogP contribution in [0.5, 0.6) is 5.75 Å². The Morgan fingerprint density at radius 1 is 1.26 bits per heavy atom. The van der Waals surface area contributed by atoms with E-state index < -0.39 is 0 Å². The molecule has 0 aliphatic carbocycles. The zero-order valence-corrected chi connectivity index (χ0v) is 13.2. The maximum absolute atomic E-state index is 11.0. The van der Waals surface area contributed by atoms with Crippen LogP contribution in [0, 0.1) is 13.8 Å². The second-order valence-electron chi connectivity index (χ2n) is 5.41. The van der Waals surface area contributed by atoms with Crippen molar-refractivity contribution >= 4 is 6.29 Å². The number of nitrogens with zero attached hydrogens (tertiary/aromatic N) is 3. The number of hydrogen-bond donors (Lipinski definition) is 1. The van der Waals surface area contributed by atoms with E-state index in [1.54, 1.807) is 12.1 Å². The summed E-state index contributed by atoms with van der Waals surface area (Å²) < 4.78 is 7.43. The SMILES string of the molecule is CCc1nnc(-n2cc(C)c(-c3cc(O)cc(C=O)c3)c2C)o1. The summed E-state index contributed by atoms with van der Waals surface area (Å²) in [4.78, 5) is 11.0. The van der Waals surface area contributed by atoms with Crippen LogP contribution < -0.4 is 0 Å². The van der Waals surface area contributed by atoms with Gasteiger partial charge in [-0.2, -0.15) is 0 Å². The van der Waals surface area contributed by atoms with Crippen molar-refractivity contribution in [3.63, 3.8) is 0 Å². The van der Waals surface area contributed by atoms with Gasteiger partial charge in [0.05, 0.1) is 0 Å². The molecule has 6 nitrogen and oxygen atoms in total. The smallest absolute Gasteiger partial charge is 0.326 e. The van der Waals surface area contributed by atoms with Crippen molar-refractivity contribution in [3.8, 4) is 22.9 Å². The highest BCUT2D eigenvalue weighted by atomic mass is 16.4. The molecule has 0 amide bonds. The van der Waals surface area contributed by atoms with Gasteiger partial charge in [0.1, 0.15) is 12.0 Å². The summed E-state index contributed by atoms with van der Waals surface area (Å²) >= 11 is 0. The third-order valence-corrected chi connectivity index (χ3v) is 3.77. The lowest BCUT2D eigenvalue weighted by atomic mass is 10.0. The number of aromatic nitrogens is 3. The lowest BCUT2D eigenvalue weighted by molar-refractivity contribution is 0.112. The van der Waals surface area contributed by atoms with Gasteiger partial charge in [-0.15, -0.1) is 5.10 Å². The second kappa shape index (κ2) is 5.72. The van der Waals surface area contributed by atoms with Crippen LogP contribution in [0.15, 0.2) is 28.8 Å². The molecule has 118 valence electrons. The Kier molecular flexibility index (Phi) is 3.73. The fraction of sp³-hybridized carbons (Fsp3) is 0.235. The van der Waals surface area contributed by atoms with Crippen molar-refractivity contribution < 1.29 is 14.3 Å². The van der Waals surface area contributed by atoms with E-state index in [2.05, 4.69) is 10.2 Å². The maximum Gasteiger partial charge on any atom is 0.326 e. The number of rotatable bonds is 4. The predicted octanol–water partition coefficient (Wildman–Crippen LogP) is 3.22. The van der Waals surface area contributed by atoms with E-state index in [9.17, 15) is 9.90 Å². The van der Waals surface area contributed by atoms with Crippen molar-refractivity contribution in [2.45, 2.75) is 27.2 Å². The van der Waals surface area contributed by atoms with Crippen LogP contribution in [0.25, 0.3) is 17.1 Å². The molecule has 0 spiro atoms. The number of carbonyl (C=O) groups excluding carboxylic acids is 1. The zero-order chi connectivity index (χ0) is 16.6. The lowest BCUT2D eigenvalue weighted by Crippen LogP contribution is -1.95. The molecule has 6 heteroatoms. The molecular formula is C17H17N3O3. The standard InChI is InChI=1S/C17H17N3O3/c1-4-15-18-19-17(23-15)20-8-10(2)16(11(20)3)13-5-12(9-21)6-14(22)7-13/h5-9,22H,4H2,1-3H3. The predicted molar refractivity (Wildman–Crippen MR) is 85.0 cm³/mol. The molecule has 0 unspecified atom stereocenters. The van der Waals surface area contributed by atoms with Crippen LogP contribution in [0.4, 0.5) is 0 Å². The summed E-state index contributed by atoms with van der Waals surface area (Å²) in [7, 11) is 0. The van der Waals surface area contributed by atoms with Gasteiger partial charge in [0.15, 0.2) is 0 Å². The summed E-state index contributed by atoms with van der Waals surface area (Å²) in [6, 6.07) is 5.23. The molecule has 0 aliphatic heterocycles. The van der Waals surface area contributed by atoms with Gasteiger partial charge >= 0.3 is 6.01 Å². The third kappa shape index (κ3) is 2.63. The Morgan fingerprint density at radius 3 is 2.70 bits per heavy atom. The summed E-state index contributed by atoms with van der Waals surface area (Å²) in [5.74, 6) is 0.634. The van der Waals surface area contributed by atoms with Gasteiger partial charge in [-0.25, -0.2) is 0 Å². The number of phenolic OH excluding ortho intramolecular Hbond substituents is 1. The Balaban J connectivity index is 2.14. The molecule has 1 N–H and O–H groups in total. The lowest BCUT2D eigenvalue weighted by Gasteiger charge is -2.06. The Bertz CT molecular complexity index is 877. The molecule has 0 fully saturated rings. The van der Waals surface area contributed by atoms with Gasteiger partial charge in [-0.1, -0.05) is 12.0 Å². The normalized spacial score (nSPS) is 10.9. The van der Waals surface area contributed by atoms with Crippen molar-refractivity contribution in [1.82, 2.24) is 14.8 Å². The molecular weight excluding hydrogens is 294 g/mol. The van der Waals surface area contributed by atoms with Gasteiger partial charge in [-0.05, 0) is 43.2 Å². The van der Waals surface area contributed by atoms with E-state index >= 15 is 0 Å². The average molecular weight is 311 g/mol. The minimum Gasteiger partial charge on any atom is -0.508 e. The van der Waals surface area contributed by atoms with Crippen LogP contribution in [0.3, 0.4) is 0 Å². The van der Waals surface area contributed by atoms with E-state index in [4.69, 9.17) is 4.42 Å². The average Bonchev–Trinajstić information content (AvgIpc) is 3.11.